The van der Waals surface area contributed by atoms with E-state index in [1.165, 1.54) is 4.90 Å². The highest BCUT2D eigenvalue weighted by Crippen LogP contribution is 2.49. The molecule has 1 aliphatic carbocycles. The number of aliphatic imine (C=N–C) groups is 1. The highest BCUT2D eigenvalue weighted by atomic mass is 32.2. The largest absolute Gasteiger partial charge is 0.235 e. The van der Waals surface area contributed by atoms with E-state index >= 15 is 0 Å². The van der Waals surface area contributed by atoms with Crippen LogP contribution in [0.25, 0.3) is 0 Å². The van der Waals surface area contributed by atoms with Gasteiger partial charge in [-0.05, 0) is 30.5 Å². The van der Waals surface area contributed by atoms with Gasteiger partial charge in [-0.2, -0.15) is 4.99 Å². The van der Waals surface area contributed by atoms with E-state index in [9.17, 15) is 4.79 Å². The Kier molecular flexibility index (Phi) is 3.17. The van der Waals surface area contributed by atoms with Crippen LogP contribution in [0.5, 0.6) is 0 Å². The predicted molar refractivity (Wildman–Crippen MR) is 66.5 cm³/mol. The van der Waals surface area contributed by atoms with Gasteiger partial charge in [-0.25, -0.2) is 4.79 Å². The Labute approximate surface area is 100 Å². The van der Waals surface area contributed by atoms with Gasteiger partial charge < -0.3 is 0 Å². The molecule has 1 saturated carbocycles. The van der Waals surface area contributed by atoms with Crippen LogP contribution < -0.4 is 0 Å². The van der Waals surface area contributed by atoms with Crippen molar-refractivity contribution in [2.75, 3.05) is 0 Å². The molecule has 0 aliphatic heterocycles. The van der Waals surface area contributed by atoms with E-state index in [4.69, 9.17) is 0 Å². The molecule has 0 spiro atoms. The number of hydrogen-bond donors (Lipinski definition) is 0. The second kappa shape index (κ2) is 4.44. The van der Waals surface area contributed by atoms with Crippen molar-refractivity contribution in [1.82, 2.24) is 0 Å². The van der Waals surface area contributed by atoms with Crippen LogP contribution in [-0.4, -0.2) is 11.3 Å². The average Bonchev–Trinajstić information content (AvgIpc) is 2.99. The van der Waals surface area contributed by atoms with Gasteiger partial charge in [0.15, 0.2) is 0 Å². The SMILES string of the molecule is CC(C)Sc1ccc(C2(N=C=O)CC2)cc1. The maximum Gasteiger partial charge on any atom is 0.235 e. The number of benzene rings is 1. The van der Waals surface area contributed by atoms with E-state index in [-0.39, 0.29) is 5.54 Å². The Bertz CT molecular complexity index is 414. The van der Waals surface area contributed by atoms with Crippen molar-refractivity contribution >= 4 is 17.8 Å². The summed E-state index contributed by atoms with van der Waals surface area (Å²) in [7, 11) is 0. The lowest BCUT2D eigenvalue weighted by atomic mass is 10.1. The van der Waals surface area contributed by atoms with Crippen LogP contribution in [-0.2, 0) is 10.3 Å². The third-order valence-corrected chi connectivity index (χ3v) is 3.76. The number of isocyanates is 1. The molecule has 0 saturated heterocycles. The van der Waals surface area contributed by atoms with E-state index in [0.717, 1.165) is 18.4 Å². The first-order chi connectivity index (χ1) is 7.66. The molecule has 0 N–H and O–H groups in total. The minimum absolute atomic E-state index is 0.233. The number of thioether (sulfide) groups is 1. The molecule has 2 rings (SSSR count). The molecule has 0 amide bonds. The van der Waals surface area contributed by atoms with Gasteiger partial charge in [0.2, 0.25) is 6.08 Å². The molecule has 0 aromatic heterocycles. The first kappa shape index (κ1) is 11.4. The van der Waals surface area contributed by atoms with Crippen molar-refractivity contribution < 1.29 is 4.79 Å². The van der Waals surface area contributed by atoms with Gasteiger partial charge >= 0.3 is 0 Å². The summed E-state index contributed by atoms with van der Waals surface area (Å²) < 4.78 is 0. The lowest BCUT2D eigenvalue weighted by Crippen LogP contribution is -2.01. The highest BCUT2D eigenvalue weighted by molar-refractivity contribution is 7.99. The number of carbonyl (C=O) groups excluding carboxylic acids is 1. The van der Waals surface area contributed by atoms with E-state index in [2.05, 4.69) is 43.1 Å². The Morgan fingerprint density at radius 3 is 2.38 bits per heavy atom. The molecule has 0 heterocycles. The van der Waals surface area contributed by atoms with Gasteiger partial charge in [-0.15, -0.1) is 11.8 Å². The molecule has 1 aromatic rings. The number of rotatable bonds is 4. The zero-order valence-corrected chi connectivity index (χ0v) is 10.4. The molecule has 2 nitrogen and oxygen atoms in total. The summed E-state index contributed by atoms with van der Waals surface area (Å²) in [4.78, 5) is 15.5. The Balaban J connectivity index is 2.16. The quantitative estimate of drug-likeness (QED) is 0.452. The summed E-state index contributed by atoms with van der Waals surface area (Å²) in [5.41, 5.74) is 0.909. The van der Waals surface area contributed by atoms with Crippen LogP contribution in [0, 0.1) is 0 Å². The number of hydrogen-bond acceptors (Lipinski definition) is 3. The van der Waals surface area contributed by atoms with Crippen LogP contribution >= 0.6 is 11.8 Å². The molecule has 0 bridgehead atoms. The van der Waals surface area contributed by atoms with Crippen molar-refractivity contribution in [2.24, 2.45) is 4.99 Å². The molecule has 0 atom stereocenters. The second-order valence-corrected chi connectivity index (χ2v) is 6.08. The molecule has 1 aromatic carbocycles. The van der Waals surface area contributed by atoms with Crippen molar-refractivity contribution in [1.29, 1.82) is 0 Å². The van der Waals surface area contributed by atoms with Crippen LogP contribution in [0.15, 0.2) is 34.2 Å². The second-order valence-electron chi connectivity index (χ2n) is 4.43. The van der Waals surface area contributed by atoms with E-state index in [1.807, 2.05) is 11.8 Å². The van der Waals surface area contributed by atoms with Gasteiger partial charge in [-0.1, -0.05) is 26.0 Å². The smallest absolute Gasteiger partial charge is 0.211 e. The molecule has 0 unspecified atom stereocenters. The Hall–Kier alpha value is -1.05. The minimum atomic E-state index is -0.233. The maximum atomic E-state index is 10.4. The van der Waals surface area contributed by atoms with E-state index in [1.54, 1.807) is 6.08 Å². The number of nitrogens with zero attached hydrogens (tertiary/aromatic N) is 1. The maximum absolute atomic E-state index is 10.4. The summed E-state index contributed by atoms with van der Waals surface area (Å²) in [5.74, 6) is 0. The lowest BCUT2D eigenvalue weighted by molar-refractivity contribution is 0.556. The standard InChI is InChI=1S/C13H15NOS/c1-10(2)16-12-5-3-11(4-6-12)13(7-8-13)14-9-15/h3-6,10H,7-8H2,1-2H3. The summed E-state index contributed by atoms with van der Waals surface area (Å²) >= 11 is 1.84. The summed E-state index contributed by atoms with van der Waals surface area (Å²) in [6.07, 6.45) is 3.63. The highest BCUT2D eigenvalue weighted by Gasteiger charge is 2.44. The van der Waals surface area contributed by atoms with Crippen molar-refractivity contribution in [2.45, 2.75) is 42.4 Å². The van der Waals surface area contributed by atoms with Gasteiger partial charge in [0.05, 0.1) is 5.54 Å². The van der Waals surface area contributed by atoms with Crippen molar-refractivity contribution in [3.8, 4) is 0 Å². The van der Waals surface area contributed by atoms with Crippen molar-refractivity contribution in [3.63, 3.8) is 0 Å². The van der Waals surface area contributed by atoms with Crippen LogP contribution in [0.4, 0.5) is 0 Å². The minimum Gasteiger partial charge on any atom is -0.211 e. The fourth-order valence-corrected chi connectivity index (χ4v) is 2.62. The third kappa shape index (κ3) is 2.37. The first-order valence-corrected chi connectivity index (χ1v) is 6.40. The fraction of sp³-hybridized carbons (Fsp3) is 0.462. The van der Waals surface area contributed by atoms with Gasteiger partial charge in [0, 0.05) is 10.1 Å². The molecule has 16 heavy (non-hydrogen) atoms. The Morgan fingerprint density at radius 2 is 1.94 bits per heavy atom. The van der Waals surface area contributed by atoms with Crippen LogP contribution in [0.3, 0.4) is 0 Å². The molecule has 3 heteroatoms. The fourth-order valence-electron chi connectivity index (χ4n) is 1.79. The predicted octanol–water partition coefficient (Wildman–Crippen LogP) is 3.51. The normalized spacial score (nSPS) is 16.9. The summed E-state index contributed by atoms with van der Waals surface area (Å²) in [5, 5.41) is 0.591. The Morgan fingerprint density at radius 1 is 1.31 bits per heavy atom. The molecular formula is C13H15NOS. The molecule has 0 radical (unpaired) electrons. The van der Waals surface area contributed by atoms with E-state index < -0.39 is 0 Å². The van der Waals surface area contributed by atoms with Crippen LogP contribution in [0.1, 0.15) is 32.3 Å². The first-order valence-electron chi connectivity index (χ1n) is 5.52. The van der Waals surface area contributed by atoms with Gasteiger partial charge in [0.25, 0.3) is 0 Å². The third-order valence-electron chi connectivity index (χ3n) is 2.75. The van der Waals surface area contributed by atoms with E-state index in [0.29, 0.717) is 5.25 Å². The molecule has 84 valence electrons. The monoisotopic (exact) mass is 233 g/mol. The molecular weight excluding hydrogens is 218 g/mol. The zero-order valence-electron chi connectivity index (χ0n) is 9.56. The molecule has 1 fully saturated rings. The summed E-state index contributed by atoms with van der Waals surface area (Å²) in [6, 6.07) is 8.39. The van der Waals surface area contributed by atoms with Gasteiger partial charge in [0.1, 0.15) is 0 Å². The van der Waals surface area contributed by atoms with Crippen LogP contribution in [0.2, 0.25) is 0 Å². The lowest BCUT2D eigenvalue weighted by Gasteiger charge is -2.09. The van der Waals surface area contributed by atoms with Gasteiger partial charge in [-0.3, -0.25) is 0 Å². The molecule has 1 aliphatic rings. The van der Waals surface area contributed by atoms with Crippen molar-refractivity contribution in [3.05, 3.63) is 29.8 Å². The zero-order chi connectivity index (χ0) is 11.6. The summed E-state index contributed by atoms with van der Waals surface area (Å²) in [6.45, 7) is 4.36. The topological polar surface area (TPSA) is 29.4 Å². The average molecular weight is 233 g/mol.